The molecule has 1 atom stereocenters. The van der Waals surface area contributed by atoms with Crippen molar-refractivity contribution >= 4 is 11.9 Å². The predicted molar refractivity (Wildman–Crippen MR) is 103 cm³/mol. The zero-order valence-electron chi connectivity index (χ0n) is 17.7. The first kappa shape index (κ1) is 23.9. The summed E-state index contributed by atoms with van der Waals surface area (Å²) in [6, 6.07) is 0. The molecule has 2 N–H and O–H groups in total. The fraction of sp³-hybridized carbons (Fsp3) is 0.900. The summed E-state index contributed by atoms with van der Waals surface area (Å²) in [5.74, 6) is -0.601. The van der Waals surface area contributed by atoms with Crippen molar-refractivity contribution in [2.24, 2.45) is 16.7 Å². The van der Waals surface area contributed by atoms with Gasteiger partial charge in [0.2, 0.25) is 5.91 Å². The van der Waals surface area contributed by atoms with E-state index in [2.05, 4.69) is 46.9 Å². The highest BCUT2D eigenvalue weighted by molar-refractivity contribution is 5.79. The molecular formula is C20H41N2O3+. The van der Waals surface area contributed by atoms with E-state index >= 15 is 0 Å². The second-order valence-electron chi connectivity index (χ2n) is 9.83. The Labute approximate surface area is 154 Å². The molecule has 1 amide bonds. The molecule has 148 valence electrons. The van der Waals surface area contributed by atoms with Gasteiger partial charge < -0.3 is 14.9 Å². The van der Waals surface area contributed by atoms with Crippen LogP contribution in [0.25, 0.3) is 0 Å². The van der Waals surface area contributed by atoms with Gasteiger partial charge >= 0.3 is 5.97 Å². The number of nitrogens with one attached hydrogen (secondary N) is 1. The number of hydrogen-bond donors (Lipinski definition) is 2. The standard InChI is InChI=1S/C20H40N2O3/c1-9-20(5,6)16(15-19(2,3)4)18(25)21-12-10-13-22(7,8)14-11-17(23)24/h16H,9-15H2,1-8H3,(H-,21,23,24,25)/p+1. The number of rotatable bonds is 11. The van der Waals surface area contributed by atoms with Crippen molar-refractivity contribution in [3.8, 4) is 0 Å². The molecule has 0 fully saturated rings. The zero-order valence-corrected chi connectivity index (χ0v) is 17.7. The summed E-state index contributed by atoms with van der Waals surface area (Å²) >= 11 is 0. The van der Waals surface area contributed by atoms with E-state index in [1.54, 1.807) is 0 Å². The van der Waals surface area contributed by atoms with E-state index in [9.17, 15) is 9.59 Å². The minimum Gasteiger partial charge on any atom is -0.481 e. The number of carbonyl (C=O) groups excluding carboxylic acids is 1. The lowest BCUT2D eigenvalue weighted by Gasteiger charge is -2.36. The molecule has 0 rings (SSSR count). The minimum absolute atomic E-state index is 0.00649. The van der Waals surface area contributed by atoms with Crippen LogP contribution in [-0.2, 0) is 9.59 Å². The highest BCUT2D eigenvalue weighted by atomic mass is 16.4. The van der Waals surface area contributed by atoms with Gasteiger partial charge in [-0.3, -0.25) is 9.59 Å². The number of hydrogen-bond acceptors (Lipinski definition) is 2. The molecule has 0 saturated heterocycles. The Morgan fingerprint density at radius 3 is 2.08 bits per heavy atom. The highest BCUT2D eigenvalue weighted by Crippen LogP contribution is 2.38. The van der Waals surface area contributed by atoms with Gasteiger partial charge in [0, 0.05) is 18.9 Å². The number of nitrogens with zero attached hydrogens (tertiary/aromatic N) is 1. The molecule has 0 aliphatic heterocycles. The first-order valence-corrected chi connectivity index (χ1v) is 9.52. The molecule has 0 saturated carbocycles. The second kappa shape index (κ2) is 9.56. The molecule has 0 bridgehead atoms. The van der Waals surface area contributed by atoms with E-state index in [4.69, 9.17) is 5.11 Å². The van der Waals surface area contributed by atoms with Gasteiger partial charge in [0.1, 0.15) is 0 Å². The Morgan fingerprint density at radius 2 is 1.64 bits per heavy atom. The number of quaternary nitrogens is 1. The van der Waals surface area contributed by atoms with E-state index in [0.29, 0.717) is 17.6 Å². The monoisotopic (exact) mass is 357 g/mol. The fourth-order valence-electron chi connectivity index (χ4n) is 2.93. The normalized spacial score (nSPS) is 14.2. The molecule has 0 spiro atoms. The van der Waals surface area contributed by atoms with Gasteiger partial charge in [-0.15, -0.1) is 0 Å². The van der Waals surface area contributed by atoms with E-state index in [0.717, 1.165) is 25.8 Å². The van der Waals surface area contributed by atoms with Crippen molar-refractivity contribution in [1.82, 2.24) is 5.32 Å². The Balaban J connectivity index is 4.55. The maximum Gasteiger partial charge on any atom is 0.309 e. The maximum absolute atomic E-state index is 12.8. The number of amides is 1. The van der Waals surface area contributed by atoms with E-state index in [-0.39, 0.29) is 29.1 Å². The molecule has 0 aromatic carbocycles. The third-order valence-electron chi connectivity index (χ3n) is 5.16. The summed E-state index contributed by atoms with van der Waals surface area (Å²) in [5.41, 5.74) is 0.0956. The van der Waals surface area contributed by atoms with Gasteiger partial charge in [0.15, 0.2) is 0 Å². The Kier molecular flexibility index (Phi) is 9.14. The molecule has 0 heterocycles. The van der Waals surface area contributed by atoms with E-state index in [1.165, 1.54) is 0 Å². The molecule has 0 radical (unpaired) electrons. The lowest BCUT2D eigenvalue weighted by Crippen LogP contribution is -2.44. The maximum atomic E-state index is 12.8. The lowest BCUT2D eigenvalue weighted by molar-refractivity contribution is -0.889. The van der Waals surface area contributed by atoms with Gasteiger partial charge in [0.05, 0.1) is 33.6 Å². The molecular weight excluding hydrogens is 316 g/mol. The number of carbonyl (C=O) groups is 2. The Morgan fingerprint density at radius 1 is 1.08 bits per heavy atom. The lowest BCUT2D eigenvalue weighted by atomic mass is 9.69. The summed E-state index contributed by atoms with van der Waals surface area (Å²) in [6.45, 7) is 15.2. The van der Waals surface area contributed by atoms with E-state index < -0.39 is 5.97 Å². The van der Waals surface area contributed by atoms with E-state index in [1.807, 2.05) is 14.1 Å². The summed E-state index contributed by atoms with van der Waals surface area (Å²) < 4.78 is 0.661. The average molecular weight is 358 g/mol. The van der Waals surface area contributed by atoms with Crippen LogP contribution in [0, 0.1) is 16.7 Å². The predicted octanol–water partition coefficient (Wildman–Crippen LogP) is 3.53. The number of carboxylic acid groups (broad SMARTS) is 1. The summed E-state index contributed by atoms with van der Waals surface area (Å²) in [4.78, 5) is 23.5. The van der Waals surface area contributed by atoms with Crippen LogP contribution in [0.5, 0.6) is 0 Å². The van der Waals surface area contributed by atoms with Gasteiger partial charge in [-0.2, -0.15) is 0 Å². The van der Waals surface area contributed by atoms with Crippen LogP contribution in [0.2, 0.25) is 0 Å². The molecule has 0 aromatic rings. The molecule has 0 aromatic heterocycles. The third-order valence-corrected chi connectivity index (χ3v) is 5.16. The quantitative estimate of drug-likeness (QED) is 0.439. The summed E-state index contributed by atoms with van der Waals surface area (Å²) in [6.07, 6.45) is 2.88. The van der Waals surface area contributed by atoms with Crippen molar-refractivity contribution in [3.05, 3.63) is 0 Å². The highest BCUT2D eigenvalue weighted by Gasteiger charge is 2.36. The number of carboxylic acids is 1. The topological polar surface area (TPSA) is 66.4 Å². The smallest absolute Gasteiger partial charge is 0.309 e. The summed E-state index contributed by atoms with van der Waals surface area (Å²) in [5, 5.41) is 11.9. The first-order valence-electron chi connectivity index (χ1n) is 9.52. The molecule has 5 nitrogen and oxygen atoms in total. The third kappa shape index (κ3) is 10.5. The van der Waals surface area contributed by atoms with Crippen molar-refractivity contribution < 1.29 is 19.2 Å². The SMILES string of the molecule is CCC(C)(C)C(CC(C)(C)C)C(=O)NCCC[N+](C)(C)CCC(=O)O. The van der Waals surface area contributed by atoms with Gasteiger partial charge in [-0.05, 0) is 17.3 Å². The Bertz CT molecular complexity index is 437. The molecule has 0 aliphatic carbocycles. The average Bonchev–Trinajstić information content (AvgIpc) is 2.46. The van der Waals surface area contributed by atoms with Crippen LogP contribution in [0.15, 0.2) is 0 Å². The Hall–Kier alpha value is -1.10. The minimum atomic E-state index is -0.758. The van der Waals surface area contributed by atoms with Crippen LogP contribution >= 0.6 is 0 Å². The first-order chi connectivity index (χ1) is 11.2. The van der Waals surface area contributed by atoms with Crippen molar-refractivity contribution in [2.45, 2.75) is 67.2 Å². The van der Waals surface area contributed by atoms with Crippen LogP contribution in [0.3, 0.4) is 0 Å². The zero-order chi connectivity index (χ0) is 19.9. The number of aliphatic carboxylic acids is 1. The molecule has 25 heavy (non-hydrogen) atoms. The largest absolute Gasteiger partial charge is 0.481 e. The summed E-state index contributed by atoms with van der Waals surface area (Å²) in [7, 11) is 4.07. The van der Waals surface area contributed by atoms with Crippen LogP contribution in [0.4, 0.5) is 0 Å². The van der Waals surface area contributed by atoms with Crippen molar-refractivity contribution in [3.63, 3.8) is 0 Å². The van der Waals surface area contributed by atoms with Crippen molar-refractivity contribution in [1.29, 1.82) is 0 Å². The van der Waals surface area contributed by atoms with Gasteiger partial charge in [-0.25, -0.2) is 0 Å². The molecule has 1 unspecified atom stereocenters. The molecule has 0 aliphatic rings. The van der Waals surface area contributed by atoms with Crippen molar-refractivity contribution in [2.75, 3.05) is 33.7 Å². The fourth-order valence-corrected chi connectivity index (χ4v) is 2.93. The van der Waals surface area contributed by atoms with Gasteiger partial charge in [-0.1, -0.05) is 48.0 Å². The van der Waals surface area contributed by atoms with Crippen LogP contribution in [0.1, 0.15) is 67.2 Å². The second-order valence-corrected chi connectivity index (χ2v) is 9.83. The van der Waals surface area contributed by atoms with Crippen LogP contribution in [-0.4, -0.2) is 55.2 Å². The molecule has 5 heteroatoms. The van der Waals surface area contributed by atoms with Gasteiger partial charge in [0.25, 0.3) is 0 Å². The van der Waals surface area contributed by atoms with Crippen LogP contribution < -0.4 is 5.32 Å².